The second-order valence-corrected chi connectivity index (χ2v) is 10.4. The van der Waals surface area contributed by atoms with Crippen LogP contribution in [0.25, 0.3) is 0 Å². The molecule has 0 aliphatic heterocycles. The van der Waals surface area contributed by atoms with Crippen LogP contribution in [0.4, 0.5) is 11.4 Å². The first-order chi connectivity index (χ1) is 21.9. The second-order valence-electron chi connectivity index (χ2n) is 10.4. The first-order valence-electron chi connectivity index (χ1n) is 14.6. The van der Waals surface area contributed by atoms with Crippen molar-refractivity contribution in [3.8, 4) is 0 Å². The molecule has 0 unspecified atom stereocenters. The summed E-state index contributed by atoms with van der Waals surface area (Å²) in [6, 6.07) is 40.2. The van der Waals surface area contributed by atoms with Crippen molar-refractivity contribution < 1.29 is 19.8 Å². The number of ketones is 2. The average molecular weight is 594 g/mol. The quantitative estimate of drug-likeness (QED) is 0.105. The number of nitrogens with zero attached hydrogens (tertiary/aromatic N) is 3. The molecular formula is C38H31N3O4-2. The fraction of sp³-hybridized carbons (Fsp3) is 0.105. The van der Waals surface area contributed by atoms with Gasteiger partial charge in [0.1, 0.15) is 0 Å². The van der Waals surface area contributed by atoms with Crippen LogP contribution in [0.2, 0.25) is 0 Å². The van der Waals surface area contributed by atoms with E-state index in [1.165, 1.54) is 0 Å². The summed E-state index contributed by atoms with van der Waals surface area (Å²) in [6.45, 7) is 1.50. The molecule has 0 radical (unpaired) electrons. The molecule has 0 amide bonds. The van der Waals surface area contributed by atoms with Crippen molar-refractivity contribution in [3.63, 3.8) is 0 Å². The van der Waals surface area contributed by atoms with Crippen molar-refractivity contribution in [2.24, 2.45) is 9.98 Å². The molecule has 0 aliphatic rings. The number of rotatable bonds is 12. The zero-order valence-electron chi connectivity index (χ0n) is 24.7. The van der Waals surface area contributed by atoms with E-state index in [-0.39, 0.29) is 42.1 Å². The van der Waals surface area contributed by atoms with Gasteiger partial charge in [-0.3, -0.25) is 24.5 Å². The molecule has 7 heteroatoms. The van der Waals surface area contributed by atoms with E-state index in [2.05, 4.69) is 9.98 Å². The van der Waals surface area contributed by atoms with E-state index >= 15 is 0 Å². The van der Waals surface area contributed by atoms with E-state index in [4.69, 9.17) is 0 Å². The lowest BCUT2D eigenvalue weighted by molar-refractivity contribution is -0.224. The molecule has 5 aromatic carbocycles. The Balaban J connectivity index is 1.43. The Labute approximate surface area is 262 Å². The fourth-order valence-corrected chi connectivity index (χ4v) is 4.98. The van der Waals surface area contributed by atoms with Gasteiger partial charge in [-0.25, -0.2) is 0 Å². The van der Waals surface area contributed by atoms with Gasteiger partial charge < -0.3 is 10.2 Å². The van der Waals surface area contributed by atoms with Crippen molar-refractivity contribution >= 4 is 34.7 Å². The Morgan fingerprint density at radius 1 is 0.556 bits per heavy atom. The van der Waals surface area contributed by atoms with Gasteiger partial charge in [-0.1, -0.05) is 115 Å². The average Bonchev–Trinajstić information content (AvgIpc) is 3.08. The topological polar surface area (TPSA) is 108 Å². The van der Waals surface area contributed by atoms with Gasteiger partial charge >= 0.3 is 0 Å². The van der Waals surface area contributed by atoms with Gasteiger partial charge in [0.2, 0.25) is 0 Å². The van der Waals surface area contributed by atoms with Crippen LogP contribution in [0.15, 0.2) is 150 Å². The number of hydrogen-bond donors (Lipinski definition) is 0. The Kier molecular flexibility index (Phi) is 10.0. The number of para-hydroxylation sites is 2. The Bertz CT molecular complexity index is 1710. The van der Waals surface area contributed by atoms with Gasteiger partial charge in [0.15, 0.2) is 11.6 Å². The fourth-order valence-electron chi connectivity index (χ4n) is 4.98. The SMILES string of the molecule is C[C@H](c1ccccc1)N(CC([O-])=Nc1ccccc1C(=O)c1ccccc1)CC([O-])=Nc1ccccc1C(=O)c1ccccc1. The maximum atomic E-state index is 13.4. The van der Waals surface area contributed by atoms with Gasteiger partial charge in [0.05, 0.1) is 11.4 Å². The molecule has 0 bridgehead atoms. The molecule has 7 nitrogen and oxygen atoms in total. The highest BCUT2D eigenvalue weighted by molar-refractivity contribution is 6.13. The highest BCUT2D eigenvalue weighted by Gasteiger charge is 2.18. The summed E-state index contributed by atoms with van der Waals surface area (Å²) in [5.74, 6) is -1.51. The number of carbonyl (C=O) groups is 2. The maximum absolute atomic E-state index is 13.4. The molecule has 0 N–H and O–H groups in total. The highest BCUT2D eigenvalue weighted by atomic mass is 16.3. The normalized spacial score (nSPS) is 12.6. The van der Waals surface area contributed by atoms with Gasteiger partial charge in [0, 0.05) is 41.4 Å². The van der Waals surface area contributed by atoms with Crippen LogP contribution in [0.5, 0.6) is 0 Å². The molecule has 0 heterocycles. The summed E-state index contributed by atoms with van der Waals surface area (Å²) in [5.41, 5.74) is 3.02. The number of carbonyl (C=O) groups excluding carboxylic acids is 2. The molecule has 5 rings (SSSR count). The first-order valence-corrected chi connectivity index (χ1v) is 14.6. The molecule has 0 spiro atoms. The Morgan fingerprint density at radius 2 is 0.911 bits per heavy atom. The van der Waals surface area contributed by atoms with Crippen molar-refractivity contribution in [1.82, 2.24) is 4.90 Å². The smallest absolute Gasteiger partial charge is 0.195 e. The van der Waals surface area contributed by atoms with Crippen LogP contribution in [-0.2, 0) is 0 Å². The number of hydrogen-bond acceptors (Lipinski definition) is 7. The zero-order chi connectivity index (χ0) is 31.6. The van der Waals surface area contributed by atoms with Crippen LogP contribution in [-0.4, -0.2) is 41.4 Å². The summed E-state index contributed by atoms with van der Waals surface area (Å²) in [6.07, 6.45) is 0. The van der Waals surface area contributed by atoms with E-state index in [0.717, 1.165) is 5.56 Å². The molecule has 0 saturated heterocycles. The monoisotopic (exact) mass is 593 g/mol. The zero-order valence-corrected chi connectivity index (χ0v) is 24.7. The molecule has 5 aromatic rings. The van der Waals surface area contributed by atoms with Crippen LogP contribution in [0, 0.1) is 0 Å². The van der Waals surface area contributed by atoms with E-state index < -0.39 is 11.8 Å². The van der Waals surface area contributed by atoms with Gasteiger partial charge in [-0.15, -0.1) is 0 Å². The number of benzene rings is 5. The molecule has 0 fully saturated rings. The van der Waals surface area contributed by atoms with Gasteiger partial charge in [0.25, 0.3) is 0 Å². The van der Waals surface area contributed by atoms with Gasteiger partial charge in [-0.05, 0) is 48.5 Å². The first kappa shape index (κ1) is 30.8. The van der Waals surface area contributed by atoms with Crippen LogP contribution >= 0.6 is 0 Å². The molecule has 0 saturated carbocycles. The number of aliphatic imine (C=N–C) groups is 2. The van der Waals surface area contributed by atoms with Crippen LogP contribution < -0.4 is 10.2 Å². The minimum atomic E-state index is -0.515. The Morgan fingerprint density at radius 3 is 1.33 bits per heavy atom. The minimum Gasteiger partial charge on any atom is -0.861 e. The lowest BCUT2D eigenvalue weighted by atomic mass is 10.0. The summed E-state index contributed by atoms with van der Waals surface area (Å²) in [4.78, 5) is 36.7. The lowest BCUT2D eigenvalue weighted by Gasteiger charge is -2.33. The van der Waals surface area contributed by atoms with Crippen molar-refractivity contribution in [1.29, 1.82) is 0 Å². The van der Waals surface area contributed by atoms with E-state index in [0.29, 0.717) is 22.3 Å². The van der Waals surface area contributed by atoms with E-state index in [9.17, 15) is 19.8 Å². The third-order valence-corrected chi connectivity index (χ3v) is 7.37. The van der Waals surface area contributed by atoms with Crippen molar-refractivity contribution in [2.75, 3.05) is 13.1 Å². The highest BCUT2D eigenvalue weighted by Crippen LogP contribution is 2.25. The summed E-state index contributed by atoms with van der Waals surface area (Å²) < 4.78 is 0. The third kappa shape index (κ3) is 7.84. The van der Waals surface area contributed by atoms with Gasteiger partial charge in [-0.2, -0.15) is 0 Å². The summed E-state index contributed by atoms with van der Waals surface area (Å²) in [5, 5.41) is 26.8. The van der Waals surface area contributed by atoms with E-state index in [1.807, 2.05) is 49.4 Å². The van der Waals surface area contributed by atoms with Crippen molar-refractivity contribution in [3.05, 3.63) is 167 Å². The molecule has 0 aromatic heterocycles. The largest absolute Gasteiger partial charge is 0.861 e. The third-order valence-electron chi connectivity index (χ3n) is 7.37. The predicted octanol–water partition coefficient (Wildman–Crippen LogP) is 5.69. The minimum absolute atomic E-state index is 0.199. The molecule has 224 valence electrons. The standard InChI is InChI=1S/C38H33N3O4/c1-27(28-15-5-2-6-16-28)41(25-35(42)39-33-23-13-11-21-31(33)37(44)29-17-7-3-8-18-29)26-36(43)40-34-24-14-12-22-32(34)38(45)30-19-9-4-10-20-30/h2-24,27H,25-26H2,1H3,(H,39,42)(H,40,43)/p-2/t27-/m1/s1. The molecular weight excluding hydrogens is 562 g/mol. The Hall–Kier alpha value is -5.66. The molecule has 0 aliphatic carbocycles. The van der Waals surface area contributed by atoms with Crippen LogP contribution in [0.3, 0.4) is 0 Å². The molecule has 1 atom stereocenters. The predicted molar refractivity (Wildman–Crippen MR) is 173 cm³/mol. The second kappa shape index (κ2) is 14.7. The van der Waals surface area contributed by atoms with Crippen LogP contribution in [0.1, 0.15) is 50.4 Å². The summed E-state index contributed by atoms with van der Waals surface area (Å²) in [7, 11) is 0. The molecule has 45 heavy (non-hydrogen) atoms. The van der Waals surface area contributed by atoms with Crippen molar-refractivity contribution in [2.45, 2.75) is 13.0 Å². The van der Waals surface area contributed by atoms with E-state index in [1.54, 1.807) is 102 Å². The summed E-state index contributed by atoms with van der Waals surface area (Å²) >= 11 is 0. The lowest BCUT2D eigenvalue weighted by Crippen LogP contribution is -2.43. The maximum Gasteiger partial charge on any atom is 0.195 e.